The summed E-state index contributed by atoms with van der Waals surface area (Å²) in [4.78, 5) is 24.8. The minimum Gasteiger partial charge on any atom is -0.478 e. The van der Waals surface area contributed by atoms with Gasteiger partial charge in [0.05, 0.1) is 0 Å². The number of carboxylic acid groups (broad SMARTS) is 1. The standard InChI is InChI=1S/C16H19NO4/c1-11-6-12(2-3-15(19)20)8-14(7-11)16(21)17-5-4-13(9-17)10-18/h2-3,6-8,13,18H,4-5,9-10H2,1H3,(H,19,20)/b3-2+. The predicted molar refractivity (Wildman–Crippen MR) is 78.9 cm³/mol. The van der Waals surface area contributed by atoms with Crippen LogP contribution in [0, 0.1) is 12.8 Å². The number of aliphatic carboxylic acids is 1. The monoisotopic (exact) mass is 289 g/mol. The largest absolute Gasteiger partial charge is 0.478 e. The van der Waals surface area contributed by atoms with E-state index in [4.69, 9.17) is 10.2 Å². The second-order valence-electron chi connectivity index (χ2n) is 5.39. The molecule has 1 atom stereocenters. The van der Waals surface area contributed by atoms with Crippen molar-refractivity contribution in [2.45, 2.75) is 13.3 Å². The summed E-state index contributed by atoms with van der Waals surface area (Å²) < 4.78 is 0. The van der Waals surface area contributed by atoms with Crippen molar-refractivity contribution in [2.24, 2.45) is 5.92 Å². The van der Waals surface area contributed by atoms with Crippen LogP contribution < -0.4 is 0 Å². The Bertz CT molecular complexity index is 580. The third-order valence-corrected chi connectivity index (χ3v) is 3.60. The molecule has 0 radical (unpaired) electrons. The number of carbonyl (C=O) groups excluding carboxylic acids is 1. The number of nitrogens with zero attached hydrogens (tertiary/aromatic N) is 1. The third-order valence-electron chi connectivity index (χ3n) is 3.60. The van der Waals surface area contributed by atoms with Gasteiger partial charge in [-0.25, -0.2) is 4.79 Å². The molecule has 5 nitrogen and oxygen atoms in total. The maximum Gasteiger partial charge on any atom is 0.328 e. The van der Waals surface area contributed by atoms with Crippen molar-refractivity contribution in [1.82, 2.24) is 4.90 Å². The molecular formula is C16H19NO4. The number of aliphatic hydroxyl groups excluding tert-OH is 1. The summed E-state index contributed by atoms with van der Waals surface area (Å²) in [6, 6.07) is 5.32. The van der Waals surface area contributed by atoms with Gasteiger partial charge < -0.3 is 15.1 Å². The van der Waals surface area contributed by atoms with Crippen molar-refractivity contribution in [3.63, 3.8) is 0 Å². The van der Waals surface area contributed by atoms with Crippen LogP contribution in [0.25, 0.3) is 6.08 Å². The topological polar surface area (TPSA) is 77.8 Å². The number of likely N-dealkylation sites (tertiary alicyclic amines) is 1. The highest BCUT2D eigenvalue weighted by Crippen LogP contribution is 2.20. The van der Waals surface area contributed by atoms with Crippen LogP contribution in [0.2, 0.25) is 0 Å². The average molecular weight is 289 g/mol. The lowest BCUT2D eigenvalue weighted by atomic mass is 10.0. The Hall–Kier alpha value is -2.14. The van der Waals surface area contributed by atoms with Crippen LogP contribution in [-0.4, -0.2) is 46.7 Å². The lowest BCUT2D eigenvalue weighted by molar-refractivity contribution is -0.131. The van der Waals surface area contributed by atoms with Gasteiger partial charge in [0.2, 0.25) is 0 Å². The maximum absolute atomic E-state index is 12.5. The number of hydrogen-bond acceptors (Lipinski definition) is 3. The highest BCUT2D eigenvalue weighted by Gasteiger charge is 2.26. The summed E-state index contributed by atoms with van der Waals surface area (Å²) in [5, 5.41) is 17.8. The van der Waals surface area contributed by atoms with Crippen LogP contribution in [0.3, 0.4) is 0 Å². The van der Waals surface area contributed by atoms with Crippen molar-refractivity contribution in [3.05, 3.63) is 41.0 Å². The number of rotatable bonds is 4. The molecule has 1 aliphatic heterocycles. The van der Waals surface area contributed by atoms with Gasteiger partial charge in [0, 0.05) is 37.3 Å². The summed E-state index contributed by atoms with van der Waals surface area (Å²) in [7, 11) is 0. The maximum atomic E-state index is 12.5. The van der Waals surface area contributed by atoms with Crippen molar-refractivity contribution >= 4 is 18.0 Å². The fourth-order valence-corrected chi connectivity index (χ4v) is 2.55. The van der Waals surface area contributed by atoms with Crippen LogP contribution in [0.5, 0.6) is 0 Å². The van der Waals surface area contributed by atoms with Crippen LogP contribution in [0.4, 0.5) is 0 Å². The number of aryl methyl sites for hydroxylation is 1. The molecule has 0 spiro atoms. The predicted octanol–water partition coefficient (Wildman–Crippen LogP) is 1.55. The summed E-state index contributed by atoms with van der Waals surface area (Å²) in [6.45, 7) is 3.20. The van der Waals surface area contributed by atoms with Gasteiger partial charge in [-0.2, -0.15) is 0 Å². The average Bonchev–Trinajstić information content (AvgIpc) is 2.92. The van der Waals surface area contributed by atoms with Crippen LogP contribution in [0.1, 0.15) is 27.9 Å². The first-order valence-electron chi connectivity index (χ1n) is 6.92. The first-order valence-corrected chi connectivity index (χ1v) is 6.92. The van der Waals surface area contributed by atoms with Crippen molar-refractivity contribution in [2.75, 3.05) is 19.7 Å². The number of amides is 1. The number of carbonyl (C=O) groups is 2. The van der Waals surface area contributed by atoms with Gasteiger partial charge in [-0.15, -0.1) is 0 Å². The first-order chi connectivity index (χ1) is 9.99. The molecule has 0 saturated carbocycles. The van der Waals surface area contributed by atoms with Gasteiger partial charge in [0.15, 0.2) is 0 Å². The zero-order valence-corrected chi connectivity index (χ0v) is 12.0. The molecule has 1 saturated heterocycles. The Morgan fingerprint density at radius 2 is 2.14 bits per heavy atom. The highest BCUT2D eigenvalue weighted by molar-refractivity contribution is 5.95. The number of carboxylic acids is 1. The van der Waals surface area contributed by atoms with Crippen molar-refractivity contribution in [1.29, 1.82) is 0 Å². The smallest absolute Gasteiger partial charge is 0.328 e. The molecule has 112 valence electrons. The molecular weight excluding hydrogens is 270 g/mol. The molecule has 1 unspecified atom stereocenters. The zero-order valence-electron chi connectivity index (χ0n) is 12.0. The van der Waals surface area contributed by atoms with Crippen molar-refractivity contribution < 1.29 is 19.8 Å². The first kappa shape index (κ1) is 15.3. The highest BCUT2D eigenvalue weighted by atomic mass is 16.4. The van der Waals surface area contributed by atoms with Gasteiger partial charge in [0.25, 0.3) is 5.91 Å². The Balaban J connectivity index is 2.19. The quantitative estimate of drug-likeness (QED) is 0.824. The van der Waals surface area contributed by atoms with Crippen molar-refractivity contribution in [3.8, 4) is 0 Å². The lowest BCUT2D eigenvalue weighted by Crippen LogP contribution is -2.29. The summed E-state index contributed by atoms with van der Waals surface area (Å²) in [5.74, 6) is -0.931. The van der Waals surface area contributed by atoms with E-state index in [0.29, 0.717) is 24.2 Å². The van der Waals surface area contributed by atoms with E-state index in [1.165, 1.54) is 6.08 Å². The van der Waals surface area contributed by atoms with E-state index in [-0.39, 0.29) is 18.4 Å². The summed E-state index contributed by atoms with van der Waals surface area (Å²) in [6.07, 6.45) is 3.35. The van der Waals surface area contributed by atoms with Gasteiger partial charge in [-0.3, -0.25) is 4.79 Å². The third kappa shape index (κ3) is 3.92. The van der Waals surface area contributed by atoms with Gasteiger partial charge in [-0.05, 0) is 42.7 Å². The van der Waals surface area contributed by atoms with E-state index in [0.717, 1.165) is 18.1 Å². The van der Waals surface area contributed by atoms with Gasteiger partial charge >= 0.3 is 5.97 Å². The second-order valence-corrected chi connectivity index (χ2v) is 5.39. The number of aliphatic hydroxyl groups is 1. The molecule has 1 aromatic rings. The Labute approximate surface area is 123 Å². The molecule has 1 amide bonds. The van der Waals surface area contributed by atoms with Crippen LogP contribution >= 0.6 is 0 Å². The fraction of sp³-hybridized carbons (Fsp3) is 0.375. The zero-order chi connectivity index (χ0) is 15.4. The Morgan fingerprint density at radius 1 is 1.38 bits per heavy atom. The van der Waals surface area contributed by atoms with E-state index in [2.05, 4.69) is 0 Å². The van der Waals surface area contributed by atoms with Gasteiger partial charge in [0.1, 0.15) is 0 Å². The van der Waals surface area contributed by atoms with Crippen LogP contribution in [-0.2, 0) is 4.79 Å². The van der Waals surface area contributed by atoms with E-state index >= 15 is 0 Å². The lowest BCUT2D eigenvalue weighted by Gasteiger charge is -2.17. The molecule has 0 aliphatic carbocycles. The van der Waals surface area contributed by atoms with E-state index in [9.17, 15) is 9.59 Å². The van der Waals surface area contributed by atoms with Gasteiger partial charge in [-0.1, -0.05) is 6.07 Å². The molecule has 1 aromatic carbocycles. The molecule has 21 heavy (non-hydrogen) atoms. The SMILES string of the molecule is Cc1cc(/C=C/C(=O)O)cc(C(=O)N2CCC(CO)C2)c1. The Morgan fingerprint density at radius 3 is 2.76 bits per heavy atom. The molecule has 0 aromatic heterocycles. The minimum atomic E-state index is -1.02. The Kier molecular flexibility index (Phi) is 4.75. The second kappa shape index (κ2) is 6.54. The van der Waals surface area contributed by atoms with E-state index in [1.54, 1.807) is 17.0 Å². The molecule has 0 bridgehead atoms. The minimum absolute atomic E-state index is 0.0698. The summed E-state index contributed by atoms with van der Waals surface area (Å²) in [5.41, 5.74) is 2.15. The fourth-order valence-electron chi connectivity index (χ4n) is 2.55. The number of benzene rings is 1. The molecule has 2 N–H and O–H groups in total. The van der Waals surface area contributed by atoms with E-state index in [1.807, 2.05) is 13.0 Å². The molecule has 1 heterocycles. The normalized spacial score (nSPS) is 18.4. The van der Waals surface area contributed by atoms with Crippen LogP contribution in [0.15, 0.2) is 24.3 Å². The summed E-state index contributed by atoms with van der Waals surface area (Å²) >= 11 is 0. The van der Waals surface area contributed by atoms with E-state index < -0.39 is 5.97 Å². The molecule has 2 rings (SSSR count). The molecule has 1 aliphatic rings. The molecule has 5 heteroatoms. The number of hydrogen-bond donors (Lipinski definition) is 2. The molecule has 1 fully saturated rings.